The van der Waals surface area contributed by atoms with E-state index in [-0.39, 0.29) is 104 Å². The number of hydrogen-bond donors (Lipinski definition) is 6. The Morgan fingerprint density at radius 1 is 1.14 bits per heavy atom. The Kier molecular flexibility index (Phi) is 18.0. The van der Waals surface area contributed by atoms with Gasteiger partial charge in [-0.3, -0.25) is 19.3 Å². The van der Waals surface area contributed by atoms with Gasteiger partial charge in [0.15, 0.2) is 22.3 Å². The van der Waals surface area contributed by atoms with Crippen LogP contribution in [0, 0.1) is 5.41 Å². The van der Waals surface area contributed by atoms with Crippen LogP contribution in [-0.4, -0.2) is 111 Å². The van der Waals surface area contributed by atoms with Gasteiger partial charge >= 0.3 is 65.1 Å². The Morgan fingerprint density at radius 3 is 2.44 bits per heavy atom. The molecule has 1 aromatic heterocycles. The molecule has 2 atom stereocenters. The predicted octanol–water partition coefficient (Wildman–Crippen LogP) is -7.43. The fraction of sp³-hybridized carbons (Fsp3) is 0.455. The molecule has 19 nitrogen and oxygen atoms in total. The van der Waals surface area contributed by atoms with Crippen LogP contribution >= 0.6 is 34.7 Å². The van der Waals surface area contributed by atoms with E-state index in [1.807, 2.05) is 0 Å². The van der Waals surface area contributed by atoms with Crippen LogP contribution in [0.15, 0.2) is 33.9 Å². The van der Waals surface area contributed by atoms with Crippen molar-refractivity contribution < 1.29 is 118 Å². The largest absolute Gasteiger partial charge is 1.00 e. The number of oxime groups is 1. The van der Waals surface area contributed by atoms with Crippen molar-refractivity contribution in [3.05, 3.63) is 45.1 Å². The number of phenolic OH excluding ortho intramolecular Hbond substituents is 2. The molecule has 0 spiro atoms. The first-order chi connectivity index (χ1) is 26.2. The number of benzene rings is 1. The number of halogens is 1. The molecule has 3 aliphatic rings. The van der Waals surface area contributed by atoms with E-state index < -0.39 is 70.4 Å². The minimum Gasteiger partial charge on any atom is -0.546 e. The Balaban J connectivity index is 0.00000435. The van der Waals surface area contributed by atoms with Gasteiger partial charge in [-0.2, -0.15) is 0 Å². The van der Waals surface area contributed by atoms with Gasteiger partial charge in [-0.05, 0) is 48.9 Å². The fourth-order valence-corrected chi connectivity index (χ4v) is 8.64. The normalized spacial score (nSPS) is 18.6. The quantitative estimate of drug-likeness (QED) is 0.0134. The number of nitrogens with one attached hydrogen (secondary N) is 3. The van der Waals surface area contributed by atoms with Crippen LogP contribution in [-0.2, 0) is 33.5 Å². The monoisotopic (exact) mass is 867 g/mol. The van der Waals surface area contributed by atoms with Crippen LogP contribution in [0.1, 0.15) is 54.6 Å². The molecule has 2 aliphatic heterocycles. The van der Waals surface area contributed by atoms with Crippen LogP contribution in [0.25, 0.3) is 0 Å². The Bertz CT molecular complexity index is 1930. The Labute approximate surface area is 383 Å². The van der Waals surface area contributed by atoms with Crippen molar-refractivity contribution >= 4 is 81.2 Å². The smallest absolute Gasteiger partial charge is 0.546 e. The van der Waals surface area contributed by atoms with E-state index in [1.165, 1.54) is 41.3 Å². The second kappa shape index (κ2) is 21.2. The minimum atomic E-state index is -2.66. The fourth-order valence-electron chi connectivity index (χ4n) is 6.50. The average molecular weight is 868 g/mol. The Hall–Kier alpha value is -3.12. The summed E-state index contributed by atoms with van der Waals surface area (Å²) < 4.78 is 5.00. The number of hydrogen-bond acceptors (Lipinski definition) is 18. The number of aromatic nitrogens is 1. The molecule has 0 radical (unpaired) electrons. The van der Waals surface area contributed by atoms with Gasteiger partial charge in [0.1, 0.15) is 22.8 Å². The van der Waals surface area contributed by atoms with Gasteiger partial charge in [0, 0.05) is 24.2 Å². The molecule has 1 saturated carbocycles. The van der Waals surface area contributed by atoms with E-state index in [0.29, 0.717) is 25.1 Å². The van der Waals surface area contributed by atoms with Gasteiger partial charge in [0.05, 0.1) is 29.6 Å². The summed E-state index contributed by atoms with van der Waals surface area (Å²) >= 11 is 8.25. The van der Waals surface area contributed by atoms with Crippen LogP contribution in [0.4, 0.5) is 5.13 Å². The molecule has 1 saturated heterocycles. The minimum absolute atomic E-state index is 0. The van der Waals surface area contributed by atoms with E-state index in [9.17, 15) is 49.2 Å². The molecule has 1 aliphatic carbocycles. The number of amides is 3. The third-order valence-corrected chi connectivity index (χ3v) is 11.8. The molecule has 3 amide bonds. The molecule has 2 aromatic rings. The number of ether oxygens (including phenoxy) is 1. The van der Waals surface area contributed by atoms with Crippen LogP contribution < -0.4 is 91.0 Å². The van der Waals surface area contributed by atoms with E-state index in [1.54, 1.807) is 0 Å². The van der Waals surface area contributed by atoms with Crippen molar-refractivity contribution in [2.45, 2.75) is 56.0 Å². The number of thiazole rings is 1. The van der Waals surface area contributed by atoms with Crippen LogP contribution in [0.2, 0.25) is 5.02 Å². The molecule has 5 rings (SSSR count). The molecule has 7 N–H and O–H groups in total. The molecular formula is C33H36ClN7Na2O12S2. The second-order valence-electron chi connectivity index (χ2n) is 12.9. The van der Waals surface area contributed by atoms with Gasteiger partial charge in [-0.1, -0.05) is 36.0 Å². The maximum Gasteiger partial charge on any atom is 1.00 e. The zero-order chi connectivity index (χ0) is 40.0. The summed E-state index contributed by atoms with van der Waals surface area (Å²) in [4.78, 5) is 84.7. The summed E-state index contributed by atoms with van der Waals surface area (Å²) in [6.07, 6.45) is 2.73. The molecule has 2 fully saturated rings. The van der Waals surface area contributed by atoms with Crippen molar-refractivity contribution in [3.63, 3.8) is 0 Å². The second-order valence-corrected chi connectivity index (χ2v) is 15.3. The number of aliphatic carboxylic acids is 2. The van der Waals surface area contributed by atoms with Crippen molar-refractivity contribution in [3.8, 4) is 11.5 Å². The van der Waals surface area contributed by atoms with Crippen molar-refractivity contribution in [1.29, 1.82) is 0 Å². The first-order valence-electron chi connectivity index (χ1n) is 16.8. The molecule has 1 aromatic carbocycles. The van der Waals surface area contributed by atoms with Crippen LogP contribution in [0.3, 0.4) is 0 Å². The molecule has 3 heterocycles. The van der Waals surface area contributed by atoms with E-state index in [2.05, 4.69) is 30.9 Å². The number of β-lactam (4-membered cyclic amide) rings is 1. The summed E-state index contributed by atoms with van der Waals surface area (Å²) in [5.41, 5.74) is 5.15. The number of rotatable bonds is 16. The summed E-state index contributed by atoms with van der Waals surface area (Å²) in [5, 5.41) is 54.3. The zero-order valence-electron chi connectivity index (χ0n) is 31.1. The molecule has 57 heavy (non-hydrogen) atoms. The van der Waals surface area contributed by atoms with Gasteiger partial charge in [-0.25, -0.2) is 9.78 Å². The number of fused-ring (bicyclic) bond motifs is 1. The number of aromatic hydroxyl groups is 2. The number of nitrogens with two attached hydrogens (primary N) is 1. The van der Waals surface area contributed by atoms with E-state index >= 15 is 0 Å². The maximum atomic E-state index is 13.5. The van der Waals surface area contributed by atoms with Crippen molar-refractivity contribution in [2.75, 3.05) is 38.2 Å². The third kappa shape index (κ3) is 11.1. The number of phenols is 2. The number of carboxylic acid groups (broad SMARTS) is 2. The number of carbonyl (C=O) groups excluding carboxylic acids is 6. The van der Waals surface area contributed by atoms with Gasteiger partial charge in [0.2, 0.25) is 6.10 Å². The third-order valence-electron chi connectivity index (χ3n) is 9.42. The number of methoxy groups -OCH3 is 1. The number of nitrogen functional groups attached to an aromatic ring is 1. The van der Waals surface area contributed by atoms with Crippen molar-refractivity contribution in [1.82, 2.24) is 25.8 Å². The van der Waals surface area contributed by atoms with Crippen molar-refractivity contribution in [2.24, 2.45) is 10.6 Å². The van der Waals surface area contributed by atoms with E-state index in [4.69, 9.17) is 22.1 Å². The summed E-state index contributed by atoms with van der Waals surface area (Å²) in [6.45, 7) is 1.06. The number of thioether (sulfide) groups is 1. The number of carbonyl (C=O) groups is 6. The first-order valence-corrected chi connectivity index (χ1v) is 19.1. The molecule has 296 valence electrons. The number of esters is 1. The molecular weight excluding hydrogens is 832 g/mol. The molecule has 24 heteroatoms. The maximum absolute atomic E-state index is 13.5. The summed E-state index contributed by atoms with van der Waals surface area (Å²) in [5.74, 6) is -8.11. The number of anilines is 1. The summed E-state index contributed by atoms with van der Waals surface area (Å²) in [6, 6.07) is 1.33. The Morgan fingerprint density at radius 2 is 1.82 bits per heavy atom. The summed E-state index contributed by atoms with van der Waals surface area (Å²) in [7, 11) is 1.17. The van der Waals surface area contributed by atoms with Gasteiger partial charge < -0.3 is 61.3 Å². The van der Waals surface area contributed by atoms with Gasteiger partial charge in [-0.15, -0.1) is 23.1 Å². The molecule has 0 bridgehead atoms. The SMILES string of the molecule is COC(=O)C1=C(CNCCC2(CNC(=O)c3ccc(O)c(O)c3Cl)CCCCC2)CS[C@@H]2[C@H](NC(=O)/C(=N\OC(C(=O)[O-])C(=O)[O-])c3csc(N)n3)C(=O)N12.[Na+].[Na+]. The molecule has 0 unspecified atom stereocenters. The van der Waals surface area contributed by atoms with Gasteiger partial charge in [0.25, 0.3) is 17.7 Å². The average Bonchev–Trinajstić information content (AvgIpc) is 3.60. The standard InChI is InChI=1S/C33H38ClN7O12S2.2Na/c1-52-31(51)22-15(11-36-10-9-33(7-3-2-4-8-33)14-37-25(44)16-5-6-18(42)23(43)19(16)34)12-54-28-21(27(46)41(22)28)39-26(45)20(17-13-55-32(35)38-17)40-53-24(29(47)48)30(49)50;;/h5-6,13,21,24,28,36,42-43H,2-4,7-12,14H2,1H3,(H2,35,38)(H,37,44)(H,39,45)(H,47,48)(H,49,50);;/q;2*+1/p-2/b40-20-;;/t21-,28-;;/m1../s1. The van der Waals surface area contributed by atoms with E-state index in [0.717, 1.165) is 43.4 Å². The van der Waals surface area contributed by atoms with Crippen LogP contribution in [0.5, 0.6) is 11.5 Å². The number of carboxylic acids is 2. The topological polar surface area (TPSA) is 298 Å². The predicted molar refractivity (Wildman–Crippen MR) is 192 cm³/mol. The zero-order valence-corrected chi connectivity index (χ0v) is 37.5. The first kappa shape index (κ1) is 48.3. The number of nitrogens with zero attached hydrogens (tertiary/aromatic N) is 3.